The van der Waals surface area contributed by atoms with Crippen molar-refractivity contribution in [2.24, 2.45) is 5.92 Å². The number of unbranched alkanes of at least 4 members (excludes halogenated alkanes) is 6. The Hall–Kier alpha value is -1.96. The molecular weight excluding hydrogens is 368 g/mol. The van der Waals surface area contributed by atoms with Gasteiger partial charge in [-0.25, -0.2) is 0 Å². The minimum absolute atomic E-state index is 0.0365. The lowest BCUT2D eigenvalue weighted by atomic mass is 9.59. The average molecular weight is 409 g/mol. The van der Waals surface area contributed by atoms with Crippen LogP contribution in [0, 0.1) is 5.92 Å². The van der Waals surface area contributed by atoms with Crippen LogP contribution in [0.1, 0.15) is 102 Å². The van der Waals surface area contributed by atoms with Gasteiger partial charge in [-0.15, -0.1) is 0 Å². The van der Waals surface area contributed by atoms with Gasteiger partial charge in [0.1, 0.15) is 11.5 Å². The summed E-state index contributed by atoms with van der Waals surface area (Å²) in [5, 5.41) is 19.8. The maximum Gasteiger partial charge on any atom is 0.115 e. The Morgan fingerprint density at radius 3 is 1.63 bits per heavy atom. The number of rotatable bonds is 11. The highest BCUT2D eigenvalue weighted by Gasteiger charge is 2.41. The number of hydrogen-bond donors (Lipinski definition) is 2. The molecule has 2 N–H and O–H groups in total. The molecule has 0 unspecified atom stereocenters. The Labute approximate surface area is 183 Å². The van der Waals surface area contributed by atoms with Crippen LogP contribution in [-0.2, 0) is 5.41 Å². The van der Waals surface area contributed by atoms with Crippen LogP contribution in [0.15, 0.2) is 48.5 Å². The molecule has 30 heavy (non-hydrogen) atoms. The quantitative estimate of drug-likeness (QED) is 0.369. The summed E-state index contributed by atoms with van der Waals surface area (Å²) in [4.78, 5) is 0. The van der Waals surface area contributed by atoms with Crippen LogP contribution in [0.4, 0.5) is 0 Å². The normalized spacial score (nSPS) is 15.4. The van der Waals surface area contributed by atoms with E-state index >= 15 is 0 Å². The summed E-state index contributed by atoms with van der Waals surface area (Å²) in [5.41, 5.74) is 2.61. The molecule has 0 spiro atoms. The Bertz CT molecular complexity index is 681. The third kappa shape index (κ3) is 5.59. The molecule has 1 fully saturated rings. The van der Waals surface area contributed by atoms with Crippen molar-refractivity contribution in [3.8, 4) is 11.5 Å². The zero-order valence-corrected chi connectivity index (χ0v) is 18.8. The van der Waals surface area contributed by atoms with Gasteiger partial charge in [0.05, 0.1) is 0 Å². The molecule has 0 aliphatic heterocycles. The third-order valence-electron chi connectivity index (χ3n) is 7.24. The van der Waals surface area contributed by atoms with Gasteiger partial charge in [-0.2, -0.15) is 0 Å². The lowest BCUT2D eigenvalue weighted by Crippen LogP contribution is -2.38. The zero-order valence-electron chi connectivity index (χ0n) is 18.8. The molecule has 1 saturated carbocycles. The molecular formula is C28H40O2. The predicted molar refractivity (Wildman–Crippen MR) is 126 cm³/mol. The first kappa shape index (κ1) is 22.7. The van der Waals surface area contributed by atoms with Crippen LogP contribution in [-0.4, -0.2) is 10.2 Å². The van der Waals surface area contributed by atoms with Crippen LogP contribution >= 0.6 is 0 Å². The van der Waals surface area contributed by atoms with Crippen LogP contribution < -0.4 is 0 Å². The smallest absolute Gasteiger partial charge is 0.115 e. The van der Waals surface area contributed by atoms with Crippen molar-refractivity contribution in [3.05, 3.63) is 59.7 Å². The zero-order chi connectivity index (χ0) is 21.2. The molecule has 0 heterocycles. The molecule has 0 radical (unpaired) electrons. The summed E-state index contributed by atoms with van der Waals surface area (Å²) >= 11 is 0. The fraction of sp³-hybridized carbons (Fsp3) is 0.571. The number of hydrogen-bond acceptors (Lipinski definition) is 2. The van der Waals surface area contributed by atoms with Gasteiger partial charge in [0.25, 0.3) is 0 Å². The SMILES string of the molecule is CCCCCCCCCC(c1ccc(O)cc1)(c1ccc(O)cc1)C1CCCCC1. The topological polar surface area (TPSA) is 40.5 Å². The second kappa shape index (κ2) is 11.4. The molecule has 0 bridgehead atoms. The van der Waals surface area contributed by atoms with E-state index in [1.54, 1.807) is 0 Å². The van der Waals surface area contributed by atoms with E-state index in [4.69, 9.17) is 0 Å². The summed E-state index contributed by atoms with van der Waals surface area (Å²) in [6.07, 6.45) is 16.8. The van der Waals surface area contributed by atoms with E-state index in [9.17, 15) is 10.2 Å². The van der Waals surface area contributed by atoms with Gasteiger partial charge in [-0.3, -0.25) is 0 Å². The summed E-state index contributed by atoms with van der Waals surface area (Å²) in [5.74, 6) is 1.27. The minimum atomic E-state index is -0.0365. The molecule has 2 nitrogen and oxygen atoms in total. The highest BCUT2D eigenvalue weighted by atomic mass is 16.3. The predicted octanol–water partition coefficient (Wildman–Crippen LogP) is 8.10. The number of benzene rings is 2. The van der Waals surface area contributed by atoms with Gasteiger partial charge in [0.2, 0.25) is 0 Å². The monoisotopic (exact) mass is 408 g/mol. The van der Waals surface area contributed by atoms with E-state index in [1.165, 1.54) is 88.2 Å². The first-order valence-corrected chi connectivity index (χ1v) is 12.3. The molecule has 0 atom stereocenters. The first-order chi connectivity index (χ1) is 14.7. The highest BCUT2D eigenvalue weighted by Crippen LogP contribution is 2.49. The molecule has 2 heteroatoms. The van der Waals surface area contributed by atoms with Crippen molar-refractivity contribution in [1.29, 1.82) is 0 Å². The van der Waals surface area contributed by atoms with Crippen LogP contribution in [0.2, 0.25) is 0 Å². The summed E-state index contributed by atoms with van der Waals surface area (Å²) in [6, 6.07) is 15.9. The molecule has 3 rings (SSSR count). The van der Waals surface area contributed by atoms with Gasteiger partial charge < -0.3 is 10.2 Å². The Morgan fingerprint density at radius 1 is 0.667 bits per heavy atom. The molecule has 0 aromatic heterocycles. The van der Waals surface area contributed by atoms with Crippen molar-refractivity contribution < 1.29 is 10.2 Å². The van der Waals surface area contributed by atoms with E-state index < -0.39 is 0 Å². The van der Waals surface area contributed by atoms with E-state index in [0.29, 0.717) is 17.4 Å². The molecule has 1 aliphatic carbocycles. The maximum absolute atomic E-state index is 9.92. The standard InChI is InChI=1S/C28H40O2/c1-2-3-4-5-6-7-11-22-28(23-12-9-8-10-13-23,24-14-18-26(29)19-15-24)25-16-20-27(30)21-17-25/h14-21,23,29-30H,2-13,22H2,1H3. The second-order valence-electron chi connectivity index (χ2n) is 9.27. The summed E-state index contributed by atoms with van der Waals surface area (Å²) < 4.78 is 0. The third-order valence-corrected chi connectivity index (χ3v) is 7.24. The molecule has 0 amide bonds. The van der Waals surface area contributed by atoms with Crippen LogP contribution in [0.5, 0.6) is 11.5 Å². The summed E-state index contributed by atoms with van der Waals surface area (Å²) in [6.45, 7) is 2.27. The lowest BCUT2D eigenvalue weighted by molar-refractivity contribution is 0.220. The number of phenolic OH excluding ortho intramolecular Hbond substituents is 2. The molecule has 164 valence electrons. The fourth-order valence-electron chi connectivity index (χ4n) is 5.60. The Balaban J connectivity index is 1.89. The van der Waals surface area contributed by atoms with E-state index in [2.05, 4.69) is 31.2 Å². The van der Waals surface area contributed by atoms with Crippen molar-refractivity contribution >= 4 is 0 Å². The second-order valence-corrected chi connectivity index (χ2v) is 9.27. The van der Waals surface area contributed by atoms with Crippen LogP contribution in [0.25, 0.3) is 0 Å². The van der Waals surface area contributed by atoms with Gasteiger partial charge in [-0.05, 0) is 60.6 Å². The largest absolute Gasteiger partial charge is 0.508 e. The minimum Gasteiger partial charge on any atom is -0.508 e. The van der Waals surface area contributed by atoms with Gasteiger partial charge in [0, 0.05) is 5.41 Å². The average Bonchev–Trinajstić information content (AvgIpc) is 2.78. The maximum atomic E-state index is 9.92. The molecule has 2 aromatic carbocycles. The van der Waals surface area contributed by atoms with E-state index in [1.807, 2.05) is 24.3 Å². The molecule has 0 saturated heterocycles. The van der Waals surface area contributed by atoms with Crippen molar-refractivity contribution in [2.45, 2.75) is 95.8 Å². The number of aromatic hydroxyl groups is 2. The molecule has 2 aromatic rings. The fourth-order valence-corrected chi connectivity index (χ4v) is 5.60. The molecule has 1 aliphatic rings. The van der Waals surface area contributed by atoms with Gasteiger partial charge in [0.15, 0.2) is 0 Å². The first-order valence-electron chi connectivity index (χ1n) is 12.3. The Kier molecular flexibility index (Phi) is 8.66. The van der Waals surface area contributed by atoms with Gasteiger partial charge in [-0.1, -0.05) is 95.4 Å². The van der Waals surface area contributed by atoms with Crippen molar-refractivity contribution in [3.63, 3.8) is 0 Å². The van der Waals surface area contributed by atoms with Crippen molar-refractivity contribution in [1.82, 2.24) is 0 Å². The van der Waals surface area contributed by atoms with E-state index in [0.717, 1.165) is 6.42 Å². The number of phenols is 2. The Morgan fingerprint density at radius 2 is 1.13 bits per heavy atom. The van der Waals surface area contributed by atoms with Crippen LogP contribution in [0.3, 0.4) is 0 Å². The summed E-state index contributed by atoms with van der Waals surface area (Å²) in [7, 11) is 0. The van der Waals surface area contributed by atoms with E-state index in [-0.39, 0.29) is 5.41 Å². The lowest BCUT2D eigenvalue weighted by Gasteiger charge is -2.44. The van der Waals surface area contributed by atoms with Gasteiger partial charge >= 0.3 is 0 Å². The van der Waals surface area contributed by atoms with Crippen molar-refractivity contribution in [2.75, 3.05) is 0 Å². The highest BCUT2D eigenvalue weighted by molar-refractivity contribution is 5.44.